The Morgan fingerprint density at radius 2 is 2.35 bits per heavy atom. The molecule has 17 heavy (non-hydrogen) atoms. The lowest BCUT2D eigenvalue weighted by molar-refractivity contribution is 0.352. The third kappa shape index (κ3) is 2.08. The van der Waals surface area contributed by atoms with Gasteiger partial charge in [0.05, 0.1) is 12.2 Å². The third-order valence-electron chi connectivity index (χ3n) is 3.11. The van der Waals surface area contributed by atoms with Gasteiger partial charge in [0.15, 0.2) is 5.76 Å². The molecule has 1 aliphatic rings. The van der Waals surface area contributed by atoms with Gasteiger partial charge < -0.3 is 9.84 Å². The second kappa shape index (κ2) is 4.51. The second-order valence-corrected chi connectivity index (χ2v) is 4.70. The van der Waals surface area contributed by atoms with Gasteiger partial charge in [0.25, 0.3) is 0 Å². The van der Waals surface area contributed by atoms with Gasteiger partial charge in [0.2, 0.25) is 0 Å². The predicted octanol–water partition coefficient (Wildman–Crippen LogP) is 3.42. The van der Waals surface area contributed by atoms with E-state index in [0.717, 1.165) is 34.9 Å². The lowest BCUT2D eigenvalue weighted by Gasteiger charge is -2.08. The van der Waals surface area contributed by atoms with Crippen molar-refractivity contribution in [2.24, 2.45) is 0 Å². The minimum absolute atomic E-state index is 0.284. The average Bonchev–Trinajstić information content (AvgIpc) is 3.00. The molecule has 3 rings (SSSR count). The van der Waals surface area contributed by atoms with E-state index in [2.05, 4.69) is 10.5 Å². The van der Waals surface area contributed by atoms with E-state index in [-0.39, 0.29) is 6.04 Å². The van der Waals surface area contributed by atoms with Crippen LogP contribution in [0, 0.1) is 0 Å². The number of halogens is 1. The summed E-state index contributed by atoms with van der Waals surface area (Å²) in [4.78, 5) is 0. The molecule has 88 valence electrons. The van der Waals surface area contributed by atoms with Gasteiger partial charge in [-0.3, -0.25) is 0 Å². The van der Waals surface area contributed by atoms with E-state index < -0.39 is 0 Å². The minimum atomic E-state index is 0.284. The van der Waals surface area contributed by atoms with Crippen molar-refractivity contribution in [1.29, 1.82) is 0 Å². The smallest absolute Gasteiger partial charge is 0.161 e. The number of hydrogen-bond donors (Lipinski definition) is 1. The Hall–Kier alpha value is -1.32. The van der Waals surface area contributed by atoms with Gasteiger partial charge in [-0.25, -0.2) is 0 Å². The first-order chi connectivity index (χ1) is 8.34. The van der Waals surface area contributed by atoms with Gasteiger partial charge in [-0.1, -0.05) is 28.9 Å². The van der Waals surface area contributed by atoms with Crippen LogP contribution >= 0.6 is 11.6 Å². The Morgan fingerprint density at radius 1 is 1.41 bits per heavy atom. The topological polar surface area (TPSA) is 38.1 Å². The molecular weight excluding hydrogens is 236 g/mol. The molecule has 1 aromatic heterocycles. The summed E-state index contributed by atoms with van der Waals surface area (Å²) < 4.78 is 5.39. The van der Waals surface area contributed by atoms with Crippen LogP contribution < -0.4 is 5.32 Å². The van der Waals surface area contributed by atoms with Crippen molar-refractivity contribution < 1.29 is 4.52 Å². The third-order valence-corrected chi connectivity index (χ3v) is 3.35. The minimum Gasteiger partial charge on any atom is -0.359 e. The van der Waals surface area contributed by atoms with Gasteiger partial charge in [-0.2, -0.15) is 0 Å². The van der Waals surface area contributed by atoms with Crippen LogP contribution in [0.5, 0.6) is 0 Å². The maximum absolute atomic E-state index is 6.01. The van der Waals surface area contributed by atoms with Crippen LogP contribution in [0.15, 0.2) is 35.0 Å². The Bertz CT molecular complexity index is 518. The van der Waals surface area contributed by atoms with Crippen LogP contribution in [0.3, 0.4) is 0 Å². The molecule has 1 aliphatic heterocycles. The number of hydrogen-bond acceptors (Lipinski definition) is 3. The van der Waals surface area contributed by atoms with Crippen LogP contribution in [0.4, 0.5) is 0 Å². The van der Waals surface area contributed by atoms with Gasteiger partial charge in [0, 0.05) is 10.6 Å². The highest BCUT2D eigenvalue weighted by atomic mass is 35.5. The summed E-state index contributed by atoms with van der Waals surface area (Å²) in [6.45, 7) is 1.04. The van der Waals surface area contributed by atoms with Crippen molar-refractivity contribution in [3.05, 3.63) is 41.2 Å². The monoisotopic (exact) mass is 248 g/mol. The Balaban J connectivity index is 2.00. The predicted molar refractivity (Wildman–Crippen MR) is 66.9 cm³/mol. The molecule has 1 atom stereocenters. The fourth-order valence-corrected chi connectivity index (χ4v) is 2.47. The maximum Gasteiger partial charge on any atom is 0.161 e. The number of aromatic nitrogens is 1. The zero-order valence-corrected chi connectivity index (χ0v) is 10.1. The van der Waals surface area contributed by atoms with E-state index in [1.807, 2.05) is 24.3 Å². The first-order valence-corrected chi connectivity index (χ1v) is 6.16. The van der Waals surface area contributed by atoms with Crippen molar-refractivity contribution in [3.63, 3.8) is 0 Å². The number of nitrogens with one attached hydrogen (secondary N) is 1. The fraction of sp³-hybridized carbons (Fsp3) is 0.308. The summed E-state index contributed by atoms with van der Waals surface area (Å²) >= 11 is 6.01. The summed E-state index contributed by atoms with van der Waals surface area (Å²) in [5.41, 5.74) is 2.09. The van der Waals surface area contributed by atoms with Crippen LogP contribution in [-0.4, -0.2) is 11.7 Å². The molecular formula is C13H13ClN2O. The standard InChI is InChI=1S/C13H13ClN2O/c14-10-4-1-3-9(7-10)11-8-16-17-13(11)12-5-2-6-15-12/h1,3-4,7-8,12,15H,2,5-6H2. The first-order valence-electron chi connectivity index (χ1n) is 5.78. The highest BCUT2D eigenvalue weighted by Gasteiger charge is 2.23. The number of benzene rings is 1. The van der Waals surface area contributed by atoms with Crippen LogP contribution in [0.2, 0.25) is 5.02 Å². The van der Waals surface area contributed by atoms with Crippen molar-refractivity contribution in [3.8, 4) is 11.1 Å². The SMILES string of the molecule is Clc1cccc(-c2cnoc2C2CCCN2)c1. The van der Waals surface area contributed by atoms with Gasteiger partial charge in [-0.15, -0.1) is 0 Å². The molecule has 0 radical (unpaired) electrons. The molecule has 1 unspecified atom stereocenters. The zero-order chi connectivity index (χ0) is 11.7. The van der Waals surface area contributed by atoms with E-state index >= 15 is 0 Å². The Labute approximate surface area is 105 Å². The summed E-state index contributed by atoms with van der Waals surface area (Å²) in [6.07, 6.45) is 4.05. The van der Waals surface area contributed by atoms with Crippen molar-refractivity contribution >= 4 is 11.6 Å². The molecule has 2 aromatic rings. The largest absolute Gasteiger partial charge is 0.359 e. The fourth-order valence-electron chi connectivity index (χ4n) is 2.28. The highest BCUT2D eigenvalue weighted by molar-refractivity contribution is 6.30. The summed E-state index contributed by atoms with van der Waals surface area (Å²) in [5.74, 6) is 0.921. The second-order valence-electron chi connectivity index (χ2n) is 4.26. The quantitative estimate of drug-likeness (QED) is 0.885. The highest BCUT2D eigenvalue weighted by Crippen LogP contribution is 2.33. The van der Waals surface area contributed by atoms with Gasteiger partial charge >= 0.3 is 0 Å². The average molecular weight is 249 g/mol. The molecule has 0 bridgehead atoms. The van der Waals surface area contributed by atoms with Crippen LogP contribution in [0.25, 0.3) is 11.1 Å². The summed E-state index contributed by atoms with van der Waals surface area (Å²) in [6, 6.07) is 8.05. The normalized spacial score (nSPS) is 19.7. The zero-order valence-electron chi connectivity index (χ0n) is 9.32. The molecule has 0 spiro atoms. The van der Waals surface area contributed by atoms with Crippen LogP contribution in [-0.2, 0) is 0 Å². The number of rotatable bonds is 2. The Kier molecular flexibility index (Phi) is 2.87. The van der Waals surface area contributed by atoms with Gasteiger partial charge in [0.1, 0.15) is 0 Å². The number of nitrogens with zero attached hydrogens (tertiary/aromatic N) is 1. The molecule has 1 fully saturated rings. The van der Waals surface area contributed by atoms with Crippen molar-refractivity contribution in [2.75, 3.05) is 6.54 Å². The van der Waals surface area contributed by atoms with E-state index in [1.54, 1.807) is 6.20 Å². The van der Waals surface area contributed by atoms with Crippen molar-refractivity contribution in [2.45, 2.75) is 18.9 Å². The molecule has 1 N–H and O–H groups in total. The van der Waals surface area contributed by atoms with E-state index in [4.69, 9.17) is 16.1 Å². The van der Waals surface area contributed by atoms with E-state index in [0.29, 0.717) is 0 Å². The lowest BCUT2D eigenvalue weighted by atomic mass is 10.0. The molecule has 2 heterocycles. The lowest BCUT2D eigenvalue weighted by Crippen LogP contribution is -2.12. The molecule has 4 heteroatoms. The van der Waals surface area contributed by atoms with Crippen LogP contribution in [0.1, 0.15) is 24.6 Å². The van der Waals surface area contributed by atoms with Crippen molar-refractivity contribution in [1.82, 2.24) is 10.5 Å². The van der Waals surface area contributed by atoms with E-state index in [9.17, 15) is 0 Å². The maximum atomic E-state index is 6.01. The Morgan fingerprint density at radius 3 is 3.12 bits per heavy atom. The summed E-state index contributed by atoms with van der Waals surface area (Å²) in [7, 11) is 0. The summed E-state index contributed by atoms with van der Waals surface area (Å²) in [5, 5.41) is 8.06. The first kappa shape index (κ1) is 10.8. The molecule has 0 amide bonds. The van der Waals surface area contributed by atoms with Gasteiger partial charge in [-0.05, 0) is 37.1 Å². The molecule has 1 saturated heterocycles. The molecule has 0 aliphatic carbocycles. The van der Waals surface area contributed by atoms with E-state index in [1.165, 1.54) is 6.42 Å². The molecule has 3 nitrogen and oxygen atoms in total. The molecule has 0 saturated carbocycles. The molecule has 1 aromatic carbocycles.